The molecule has 3 atom stereocenters. The standard InChI is InChI=1S/C32H32F4N6O4S2/c1-19(43)41-32(31(42(2)10-9-39-32)48(45,46)30-17-38-18-47-30)8-7-25-27(36)15-37-16-28(25)40-29(44)14-26(20-3-5-22(33)6-4-20)21-11-23(34)13-24(35)12-21/h3-6,11-13,15-18,26,31,39H,7-10,14H2,1-2H3,(H,40,44)(H,41,43)/t26-,31?,32-/m0/s1. The Labute approximate surface area is 278 Å². The second-order valence-electron chi connectivity index (χ2n) is 11.5. The lowest BCUT2D eigenvalue weighted by Crippen LogP contribution is -2.75. The van der Waals surface area contributed by atoms with Crippen molar-refractivity contribution in [3.05, 3.63) is 107 Å². The van der Waals surface area contributed by atoms with E-state index in [-0.39, 0.29) is 40.3 Å². The quantitative estimate of drug-likeness (QED) is 0.197. The fourth-order valence-corrected chi connectivity index (χ4v) is 9.20. The van der Waals surface area contributed by atoms with E-state index in [0.717, 1.165) is 41.8 Å². The fourth-order valence-electron chi connectivity index (χ4n) is 6.12. The van der Waals surface area contributed by atoms with E-state index < -0.39 is 61.9 Å². The van der Waals surface area contributed by atoms with Gasteiger partial charge in [0, 0.05) is 44.0 Å². The van der Waals surface area contributed by atoms with E-state index in [1.165, 1.54) is 37.0 Å². The number of hydrogen-bond donors (Lipinski definition) is 3. The minimum absolute atomic E-state index is 0.00490. The Kier molecular flexibility index (Phi) is 10.6. The van der Waals surface area contributed by atoms with Gasteiger partial charge in [0.15, 0.2) is 5.37 Å². The Morgan fingerprint density at radius 1 is 1.02 bits per heavy atom. The number of pyridine rings is 1. The van der Waals surface area contributed by atoms with Gasteiger partial charge in [-0.3, -0.25) is 29.8 Å². The molecule has 1 aliphatic rings. The van der Waals surface area contributed by atoms with E-state index in [1.54, 1.807) is 11.9 Å². The van der Waals surface area contributed by atoms with E-state index in [4.69, 9.17) is 0 Å². The van der Waals surface area contributed by atoms with Crippen LogP contribution in [0.5, 0.6) is 0 Å². The van der Waals surface area contributed by atoms with Crippen molar-refractivity contribution < 1.29 is 35.6 Å². The SMILES string of the molecule is CC(=O)N[C@]1(CCc2c(F)cncc2NC(=O)C[C@@H](c2ccc(F)cc2)c2cc(F)cc(F)c2)NCCN(C)C1S(=O)(=O)c1cncs1. The molecule has 48 heavy (non-hydrogen) atoms. The maximum Gasteiger partial charge on any atom is 0.225 e. The summed E-state index contributed by atoms with van der Waals surface area (Å²) in [5.41, 5.74) is 0.315. The van der Waals surface area contributed by atoms with Crippen molar-refractivity contribution >= 4 is 38.7 Å². The van der Waals surface area contributed by atoms with Crippen molar-refractivity contribution in [3.8, 4) is 0 Å². The van der Waals surface area contributed by atoms with Crippen LogP contribution in [0.4, 0.5) is 23.2 Å². The number of likely N-dealkylation sites (N-methyl/N-ethyl adjacent to an activating group) is 1. The van der Waals surface area contributed by atoms with E-state index >= 15 is 4.39 Å². The predicted octanol–water partition coefficient (Wildman–Crippen LogP) is 4.36. The smallest absolute Gasteiger partial charge is 0.225 e. The number of nitrogens with zero attached hydrogens (tertiary/aromatic N) is 3. The number of hydrogen-bond acceptors (Lipinski definition) is 9. The monoisotopic (exact) mass is 704 g/mol. The molecular formula is C32H32F4N6O4S2. The lowest BCUT2D eigenvalue weighted by molar-refractivity contribution is -0.122. The molecule has 1 saturated heterocycles. The average molecular weight is 705 g/mol. The number of anilines is 1. The molecule has 5 rings (SSSR count). The first-order valence-electron chi connectivity index (χ1n) is 14.8. The highest BCUT2D eigenvalue weighted by Gasteiger charge is 2.52. The van der Waals surface area contributed by atoms with Gasteiger partial charge in [0.2, 0.25) is 21.7 Å². The van der Waals surface area contributed by atoms with Crippen molar-refractivity contribution in [2.45, 2.75) is 47.4 Å². The maximum absolute atomic E-state index is 15.4. The highest BCUT2D eigenvalue weighted by atomic mass is 32.2. The summed E-state index contributed by atoms with van der Waals surface area (Å²) < 4.78 is 85.2. The molecule has 1 unspecified atom stereocenters. The molecule has 0 radical (unpaired) electrons. The maximum atomic E-state index is 15.4. The summed E-state index contributed by atoms with van der Waals surface area (Å²) in [6.45, 7) is 1.88. The zero-order chi connectivity index (χ0) is 34.6. The predicted molar refractivity (Wildman–Crippen MR) is 171 cm³/mol. The van der Waals surface area contributed by atoms with E-state index in [1.807, 2.05) is 0 Å². The van der Waals surface area contributed by atoms with Crippen LogP contribution in [0.2, 0.25) is 0 Å². The number of benzene rings is 2. The first kappa shape index (κ1) is 35.1. The minimum atomic E-state index is -4.09. The van der Waals surface area contributed by atoms with Crippen molar-refractivity contribution in [1.29, 1.82) is 0 Å². The topological polar surface area (TPSA) is 133 Å². The summed E-state index contributed by atoms with van der Waals surface area (Å²) in [4.78, 5) is 35.3. The number of piperazine rings is 1. The van der Waals surface area contributed by atoms with Crippen LogP contribution in [0.1, 0.15) is 42.4 Å². The molecule has 16 heteroatoms. The van der Waals surface area contributed by atoms with Crippen molar-refractivity contribution in [3.63, 3.8) is 0 Å². The summed E-state index contributed by atoms with van der Waals surface area (Å²) in [5, 5.41) is 7.26. The van der Waals surface area contributed by atoms with Crippen LogP contribution in [0.25, 0.3) is 0 Å². The van der Waals surface area contributed by atoms with Gasteiger partial charge in [-0.25, -0.2) is 26.0 Å². The Bertz CT molecular complexity index is 1880. The number of amides is 2. The van der Waals surface area contributed by atoms with Gasteiger partial charge in [-0.1, -0.05) is 12.1 Å². The van der Waals surface area contributed by atoms with Gasteiger partial charge in [-0.15, -0.1) is 11.3 Å². The Morgan fingerprint density at radius 2 is 1.73 bits per heavy atom. The highest BCUT2D eigenvalue weighted by Crippen LogP contribution is 2.34. The number of aromatic nitrogens is 2. The van der Waals surface area contributed by atoms with E-state index in [2.05, 4.69) is 25.9 Å². The number of nitrogens with one attached hydrogen (secondary N) is 3. The van der Waals surface area contributed by atoms with Gasteiger partial charge in [0.1, 0.15) is 33.1 Å². The van der Waals surface area contributed by atoms with Gasteiger partial charge in [-0.05, 0) is 55.3 Å². The second-order valence-corrected chi connectivity index (χ2v) is 14.6. The zero-order valence-corrected chi connectivity index (χ0v) is 27.5. The van der Waals surface area contributed by atoms with Crippen LogP contribution in [0.15, 0.2) is 70.8 Å². The summed E-state index contributed by atoms with van der Waals surface area (Å²) in [7, 11) is -2.48. The first-order valence-corrected chi connectivity index (χ1v) is 17.2. The molecule has 4 aromatic rings. The molecule has 254 valence electrons. The summed E-state index contributed by atoms with van der Waals surface area (Å²) in [6, 6.07) is 7.96. The molecule has 1 aliphatic heterocycles. The van der Waals surface area contributed by atoms with Crippen LogP contribution in [-0.2, 0) is 25.8 Å². The zero-order valence-electron chi connectivity index (χ0n) is 25.8. The third-order valence-corrected chi connectivity index (χ3v) is 11.7. The molecule has 0 aliphatic carbocycles. The molecule has 2 amide bonds. The molecular weight excluding hydrogens is 673 g/mol. The molecule has 0 spiro atoms. The Hall–Kier alpha value is -4.25. The summed E-state index contributed by atoms with van der Waals surface area (Å²) in [5.74, 6) is -5.14. The van der Waals surface area contributed by atoms with Crippen LogP contribution in [0.3, 0.4) is 0 Å². The van der Waals surface area contributed by atoms with Gasteiger partial charge in [0.05, 0.1) is 29.8 Å². The number of sulfone groups is 1. The number of carbonyl (C=O) groups excluding carboxylic acids is 2. The van der Waals surface area contributed by atoms with Gasteiger partial charge in [0.25, 0.3) is 0 Å². The summed E-state index contributed by atoms with van der Waals surface area (Å²) >= 11 is 0.933. The van der Waals surface area contributed by atoms with Gasteiger partial charge < -0.3 is 10.6 Å². The summed E-state index contributed by atoms with van der Waals surface area (Å²) in [6.07, 6.45) is 2.76. The van der Waals surface area contributed by atoms with Crippen LogP contribution in [-0.4, -0.2) is 66.3 Å². The van der Waals surface area contributed by atoms with Crippen molar-refractivity contribution in [2.75, 3.05) is 25.5 Å². The average Bonchev–Trinajstić information content (AvgIpc) is 3.56. The normalized spacial score (nSPS) is 19.1. The third kappa shape index (κ3) is 7.72. The molecule has 10 nitrogen and oxygen atoms in total. The van der Waals surface area contributed by atoms with Gasteiger partial charge >= 0.3 is 0 Å². The Morgan fingerprint density at radius 3 is 2.38 bits per heavy atom. The molecule has 0 bridgehead atoms. The van der Waals surface area contributed by atoms with Crippen LogP contribution in [0, 0.1) is 23.3 Å². The molecule has 2 aromatic heterocycles. The Balaban J connectivity index is 1.44. The van der Waals surface area contributed by atoms with E-state index in [9.17, 15) is 31.2 Å². The molecule has 3 N–H and O–H groups in total. The van der Waals surface area contributed by atoms with Crippen LogP contribution < -0.4 is 16.0 Å². The molecule has 1 fully saturated rings. The van der Waals surface area contributed by atoms with Crippen LogP contribution >= 0.6 is 11.3 Å². The minimum Gasteiger partial charge on any atom is -0.336 e. The van der Waals surface area contributed by atoms with Crippen molar-refractivity contribution in [1.82, 2.24) is 25.5 Å². The third-order valence-electron chi connectivity index (χ3n) is 8.11. The number of carbonyl (C=O) groups is 2. The number of thiazole rings is 1. The number of halogens is 4. The first-order chi connectivity index (χ1) is 22.8. The number of rotatable bonds is 11. The fraction of sp³-hybridized carbons (Fsp3) is 0.312. The van der Waals surface area contributed by atoms with Crippen molar-refractivity contribution in [2.24, 2.45) is 0 Å². The van der Waals surface area contributed by atoms with E-state index in [0.29, 0.717) is 24.7 Å². The second kappa shape index (κ2) is 14.5. The molecule has 3 heterocycles. The van der Waals surface area contributed by atoms with Gasteiger partial charge in [-0.2, -0.15) is 0 Å². The lowest BCUT2D eigenvalue weighted by atomic mass is 9.88. The molecule has 0 saturated carbocycles. The highest BCUT2D eigenvalue weighted by molar-refractivity contribution is 7.94. The molecule has 2 aromatic carbocycles. The largest absolute Gasteiger partial charge is 0.336 e. The lowest BCUT2D eigenvalue weighted by Gasteiger charge is -2.48.